The molecule has 2 aromatic heterocycles. The molecule has 1 N–H and O–H groups in total. The Hall–Kier alpha value is -4.18. The monoisotopic (exact) mass is 477 g/mol. The van der Waals surface area contributed by atoms with Gasteiger partial charge in [-0.25, -0.2) is 4.68 Å². The SMILES string of the molecule is COCCNC(=O)[C@@H](c1ccc(C)o1)N(C(=O)Cn1nnc2ccccc21)c1cccc(OC)c1. The summed E-state index contributed by atoms with van der Waals surface area (Å²) in [5.41, 5.74) is 1.85. The van der Waals surface area contributed by atoms with Gasteiger partial charge in [0.15, 0.2) is 6.04 Å². The van der Waals surface area contributed by atoms with Crippen LogP contribution in [0.2, 0.25) is 0 Å². The van der Waals surface area contributed by atoms with Gasteiger partial charge in [-0.05, 0) is 43.3 Å². The maximum Gasteiger partial charge on any atom is 0.251 e. The number of methoxy groups -OCH3 is 2. The highest BCUT2D eigenvalue weighted by molar-refractivity contribution is 6.01. The van der Waals surface area contributed by atoms with Gasteiger partial charge < -0.3 is 19.2 Å². The molecule has 4 rings (SSSR count). The molecule has 0 aliphatic heterocycles. The molecule has 2 amide bonds. The fourth-order valence-electron chi connectivity index (χ4n) is 3.78. The van der Waals surface area contributed by atoms with Crippen LogP contribution in [-0.4, -0.2) is 54.2 Å². The molecule has 0 unspecified atom stereocenters. The van der Waals surface area contributed by atoms with Gasteiger partial charge in [-0.15, -0.1) is 5.10 Å². The molecule has 0 radical (unpaired) electrons. The first-order chi connectivity index (χ1) is 17.0. The molecule has 2 heterocycles. The van der Waals surface area contributed by atoms with Crippen molar-refractivity contribution in [2.75, 3.05) is 32.3 Å². The number of amides is 2. The van der Waals surface area contributed by atoms with Crippen LogP contribution in [0.25, 0.3) is 11.0 Å². The number of nitrogens with one attached hydrogen (secondary N) is 1. The highest BCUT2D eigenvalue weighted by atomic mass is 16.5. The van der Waals surface area contributed by atoms with E-state index in [1.165, 1.54) is 16.7 Å². The standard InChI is InChI=1S/C25H27N5O5/c1-17-11-12-22(35-17)24(25(32)26-13-14-33-2)30(18-7-6-8-19(15-18)34-3)23(31)16-29-21-10-5-4-9-20(21)27-28-29/h4-12,15,24H,13-14,16H2,1-3H3,(H,26,32)/t24-/m1/s1. The number of furan rings is 1. The molecule has 0 aliphatic carbocycles. The van der Waals surface area contributed by atoms with Crippen LogP contribution < -0.4 is 15.0 Å². The van der Waals surface area contributed by atoms with E-state index in [0.717, 1.165) is 0 Å². The van der Waals surface area contributed by atoms with Crippen molar-refractivity contribution in [2.45, 2.75) is 19.5 Å². The van der Waals surface area contributed by atoms with Gasteiger partial charge in [0, 0.05) is 25.4 Å². The second kappa shape index (κ2) is 10.8. The molecular formula is C25H27N5O5. The van der Waals surface area contributed by atoms with Gasteiger partial charge in [-0.2, -0.15) is 0 Å². The quantitative estimate of drug-likeness (QED) is 0.350. The van der Waals surface area contributed by atoms with Crippen molar-refractivity contribution in [1.29, 1.82) is 0 Å². The number of ether oxygens (including phenoxy) is 2. The Bertz CT molecular complexity index is 1310. The van der Waals surface area contributed by atoms with Crippen LogP contribution in [0.3, 0.4) is 0 Å². The van der Waals surface area contributed by atoms with Crippen molar-refractivity contribution in [3.63, 3.8) is 0 Å². The molecule has 0 fully saturated rings. The van der Waals surface area contributed by atoms with Crippen molar-refractivity contribution in [3.8, 4) is 5.75 Å². The third-order valence-electron chi connectivity index (χ3n) is 5.45. The summed E-state index contributed by atoms with van der Waals surface area (Å²) < 4.78 is 17.8. The molecule has 1 atom stereocenters. The number of hydrogen-bond acceptors (Lipinski definition) is 7. The predicted octanol–water partition coefficient (Wildman–Crippen LogP) is 2.88. The minimum absolute atomic E-state index is 0.140. The molecule has 0 saturated heterocycles. The number of hydrogen-bond donors (Lipinski definition) is 1. The summed E-state index contributed by atoms with van der Waals surface area (Å²) in [6.45, 7) is 2.25. The van der Waals surface area contributed by atoms with Gasteiger partial charge in [-0.3, -0.25) is 14.5 Å². The summed E-state index contributed by atoms with van der Waals surface area (Å²) in [6.07, 6.45) is 0. The van der Waals surface area contributed by atoms with E-state index < -0.39 is 11.9 Å². The molecule has 35 heavy (non-hydrogen) atoms. The van der Waals surface area contributed by atoms with Crippen LogP contribution in [0.1, 0.15) is 17.6 Å². The van der Waals surface area contributed by atoms with E-state index in [-0.39, 0.29) is 19.0 Å². The predicted molar refractivity (Wildman–Crippen MR) is 129 cm³/mol. The van der Waals surface area contributed by atoms with E-state index in [2.05, 4.69) is 15.6 Å². The van der Waals surface area contributed by atoms with E-state index in [9.17, 15) is 9.59 Å². The van der Waals surface area contributed by atoms with Crippen LogP contribution >= 0.6 is 0 Å². The Kier molecular flexibility index (Phi) is 7.41. The number of benzene rings is 2. The smallest absolute Gasteiger partial charge is 0.251 e. The molecule has 0 spiro atoms. The zero-order valence-electron chi connectivity index (χ0n) is 19.8. The number of nitrogens with zero attached hydrogens (tertiary/aromatic N) is 4. The number of anilines is 1. The lowest BCUT2D eigenvalue weighted by Crippen LogP contribution is -2.45. The van der Waals surface area contributed by atoms with Gasteiger partial charge in [0.05, 0.1) is 19.2 Å². The van der Waals surface area contributed by atoms with Crippen LogP contribution in [-0.2, 0) is 20.9 Å². The molecule has 2 aromatic carbocycles. The molecule has 0 aliphatic rings. The summed E-state index contributed by atoms with van der Waals surface area (Å²) >= 11 is 0. The minimum Gasteiger partial charge on any atom is -0.497 e. The van der Waals surface area contributed by atoms with Crippen LogP contribution in [0.15, 0.2) is 65.1 Å². The minimum atomic E-state index is -1.07. The number of carbonyl (C=O) groups excluding carboxylic acids is 2. The molecule has 182 valence electrons. The molecule has 0 saturated carbocycles. The second-order valence-electron chi connectivity index (χ2n) is 7.84. The summed E-state index contributed by atoms with van der Waals surface area (Å²) in [5.74, 6) is 0.707. The Morgan fingerprint density at radius 2 is 1.94 bits per heavy atom. The molecular weight excluding hydrogens is 450 g/mol. The lowest BCUT2D eigenvalue weighted by Gasteiger charge is -2.30. The lowest BCUT2D eigenvalue weighted by molar-refractivity contribution is -0.127. The van der Waals surface area contributed by atoms with Gasteiger partial charge in [0.2, 0.25) is 5.91 Å². The third kappa shape index (κ3) is 5.33. The largest absolute Gasteiger partial charge is 0.497 e. The average Bonchev–Trinajstić information content (AvgIpc) is 3.48. The molecule has 10 heteroatoms. The highest BCUT2D eigenvalue weighted by Gasteiger charge is 2.35. The summed E-state index contributed by atoms with van der Waals surface area (Å²) in [6, 6.07) is 16.7. The Morgan fingerprint density at radius 1 is 1.11 bits per heavy atom. The van der Waals surface area contributed by atoms with Gasteiger partial charge in [-0.1, -0.05) is 23.4 Å². The fraction of sp³-hybridized carbons (Fsp3) is 0.280. The van der Waals surface area contributed by atoms with Crippen molar-refractivity contribution in [3.05, 3.63) is 72.2 Å². The number of aryl methyl sites for hydroxylation is 1. The third-order valence-corrected chi connectivity index (χ3v) is 5.45. The van der Waals surface area contributed by atoms with Crippen molar-refractivity contribution in [2.24, 2.45) is 0 Å². The van der Waals surface area contributed by atoms with E-state index in [1.807, 2.05) is 24.3 Å². The van der Waals surface area contributed by atoms with Crippen LogP contribution in [0.4, 0.5) is 5.69 Å². The van der Waals surface area contributed by atoms with E-state index in [1.54, 1.807) is 50.4 Å². The Morgan fingerprint density at radius 3 is 2.69 bits per heavy atom. The normalized spacial score (nSPS) is 11.9. The van der Waals surface area contributed by atoms with Crippen LogP contribution in [0, 0.1) is 6.92 Å². The number of fused-ring (bicyclic) bond motifs is 1. The average molecular weight is 478 g/mol. The maximum absolute atomic E-state index is 13.9. The fourth-order valence-corrected chi connectivity index (χ4v) is 3.78. The van der Waals surface area contributed by atoms with E-state index in [0.29, 0.717) is 40.6 Å². The Balaban J connectivity index is 1.77. The summed E-state index contributed by atoms with van der Waals surface area (Å²) in [5, 5.41) is 11.1. The van der Waals surface area contributed by atoms with Crippen molar-refractivity contribution >= 4 is 28.5 Å². The first-order valence-corrected chi connectivity index (χ1v) is 11.1. The lowest BCUT2D eigenvalue weighted by atomic mass is 10.1. The first kappa shape index (κ1) is 24.0. The van der Waals surface area contributed by atoms with Gasteiger partial charge in [0.1, 0.15) is 29.3 Å². The zero-order valence-corrected chi connectivity index (χ0v) is 19.8. The molecule has 10 nitrogen and oxygen atoms in total. The highest BCUT2D eigenvalue weighted by Crippen LogP contribution is 2.32. The zero-order chi connectivity index (χ0) is 24.8. The summed E-state index contributed by atoms with van der Waals surface area (Å²) in [7, 11) is 3.09. The number of aromatic nitrogens is 3. The second-order valence-corrected chi connectivity index (χ2v) is 7.84. The molecule has 0 bridgehead atoms. The summed E-state index contributed by atoms with van der Waals surface area (Å²) in [4.78, 5) is 28.7. The number of rotatable bonds is 10. The van der Waals surface area contributed by atoms with Gasteiger partial charge >= 0.3 is 0 Å². The molecule has 4 aromatic rings. The van der Waals surface area contributed by atoms with Crippen LogP contribution in [0.5, 0.6) is 5.75 Å². The van der Waals surface area contributed by atoms with Gasteiger partial charge in [0.25, 0.3) is 5.91 Å². The van der Waals surface area contributed by atoms with Crippen molar-refractivity contribution < 1.29 is 23.5 Å². The van der Waals surface area contributed by atoms with E-state index in [4.69, 9.17) is 13.9 Å². The number of carbonyl (C=O) groups is 2. The van der Waals surface area contributed by atoms with E-state index >= 15 is 0 Å². The Labute approximate surface area is 202 Å². The van der Waals surface area contributed by atoms with Crippen molar-refractivity contribution in [1.82, 2.24) is 20.3 Å². The first-order valence-electron chi connectivity index (χ1n) is 11.1. The maximum atomic E-state index is 13.9. The number of para-hydroxylation sites is 1. The topological polar surface area (TPSA) is 112 Å².